The summed E-state index contributed by atoms with van der Waals surface area (Å²) in [5.74, 6) is 1.22. The summed E-state index contributed by atoms with van der Waals surface area (Å²) in [6.07, 6.45) is 3.40. The maximum absolute atomic E-state index is 12.2. The predicted octanol–water partition coefficient (Wildman–Crippen LogP) is 4.11. The van der Waals surface area contributed by atoms with Crippen molar-refractivity contribution >= 4 is 22.4 Å². The van der Waals surface area contributed by atoms with E-state index in [4.69, 9.17) is 9.47 Å². The van der Waals surface area contributed by atoms with E-state index < -0.39 is 0 Å². The summed E-state index contributed by atoms with van der Waals surface area (Å²) in [5, 5.41) is 9.30. The van der Waals surface area contributed by atoms with Crippen molar-refractivity contribution in [3.63, 3.8) is 0 Å². The number of hydrogen-bond acceptors (Lipinski definition) is 4. The van der Waals surface area contributed by atoms with Gasteiger partial charge in [0.05, 0.1) is 25.5 Å². The minimum Gasteiger partial charge on any atom is -0.497 e. The van der Waals surface area contributed by atoms with Crippen LogP contribution >= 0.6 is 0 Å². The molecule has 4 aromatic rings. The number of nitrogens with zero attached hydrogens (tertiary/aromatic N) is 2. The van der Waals surface area contributed by atoms with Crippen molar-refractivity contribution in [2.24, 2.45) is 0 Å². The van der Waals surface area contributed by atoms with Gasteiger partial charge in [-0.3, -0.25) is 9.48 Å². The molecule has 0 fully saturated rings. The summed E-state index contributed by atoms with van der Waals surface area (Å²) >= 11 is 0. The Kier molecular flexibility index (Phi) is 5.42. The molecule has 1 heterocycles. The van der Waals surface area contributed by atoms with Crippen molar-refractivity contribution in [3.8, 4) is 11.5 Å². The second-order valence-electron chi connectivity index (χ2n) is 6.62. The molecule has 6 nitrogen and oxygen atoms in total. The summed E-state index contributed by atoms with van der Waals surface area (Å²) in [6, 6.07) is 21.6. The SMILES string of the molecule is COc1cccc(Cn2cc(NC(=O)COc3ccc4ccccc4c3)cn2)c1. The molecule has 0 bridgehead atoms. The van der Waals surface area contributed by atoms with Crippen LogP contribution in [0.25, 0.3) is 10.8 Å². The summed E-state index contributed by atoms with van der Waals surface area (Å²) in [6.45, 7) is 0.514. The number of amides is 1. The molecule has 0 unspecified atom stereocenters. The molecule has 0 saturated carbocycles. The standard InChI is InChI=1S/C23H21N3O3/c1-28-21-8-4-5-17(11-21)14-26-15-20(13-24-26)25-23(27)16-29-22-10-9-18-6-2-3-7-19(18)12-22/h2-13,15H,14,16H2,1H3,(H,25,27). The Labute approximate surface area is 168 Å². The van der Waals surface area contributed by atoms with Gasteiger partial charge in [0.2, 0.25) is 0 Å². The summed E-state index contributed by atoms with van der Waals surface area (Å²) in [5.41, 5.74) is 1.69. The Hall–Kier alpha value is -3.80. The van der Waals surface area contributed by atoms with E-state index in [1.54, 1.807) is 24.2 Å². The first-order chi connectivity index (χ1) is 14.2. The Morgan fingerprint density at radius 3 is 2.72 bits per heavy atom. The minimum atomic E-state index is -0.237. The van der Waals surface area contributed by atoms with E-state index in [1.165, 1.54) is 0 Å². The number of methoxy groups -OCH3 is 1. The van der Waals surface area contributed by atoms with Gasteiger partial charge in [0, 0.05) is 6.20 Å². The van der Waals surface area contributed by atoms with Gasteiger partial charge in [-0.15, -0.1) is 0 Å². The molecule has 0 radical (unpaired) electrons. The number of benzene rings is 3. The first-order valence-corrected chi connectivity index (χ1v) is 9.26. The lowest BCUT2D eigenvalue weighted by Gasteiger charge is -2.07. The van der Waals surface area contributed by atoms with Crippen molar-refractivity contribution in [1.29, 1.82) is 0 Å². The highest BCUT2D eigenvalue weighted by Crippen LogP contribution is 2.20. The van der Waals surface area contributed by atoms with Gasteiger partial charge in [0.1, 0.15) is 11.5 Å². The van der Waals surface area contributed by atoms with E-state index in [-0.39, 0.29) is 12.5 Å². The number of fused-ring (bicyclic) bond motifs is 1. The third-order valence-corrected chi connectivity index (χ3v) is 4.49. The molecule has 0 aliphatic carbocycles. The molecule has 1 aromatic heterocycles. The van der Waals surface area contributed by atoms with Crippen molar-refractivity contribution in [1.82, 2.24) is 9.78 Å². The van der Waals surface area contributed by atoms with Crippen molar-refractivity contribution in [2.75, 3.05) is 19.0 Å². The number of carbonyl (C=O) groups is 1. The molecule has 4 rings (SSSR count). The number of ether oxygens (including phenoxy) is 2. The van der Waals surface area contributed by atoms with E-state index >= 15 is 0 Å². The molecule has 3 aromatic carbocycles. The second kappa shape index (κ2) is 8.48. The number of hydrogen-bond donors (Lipinski definition) is 1. The van der Waals surface area contributed by atoms with E-state index in [0.717, 1.165) is 22.1 Å². The quantitative estimate of drug-likeness (QED) is 0.518. The smallest absolute Gasteiger partial charge is 0.262 e. The van der Waals surface area contributed by atoms with E-state index in [1.807, 2.05) is 66.7 Å². The minimum absolute atomic E-state index is 0.0700. The third-order valence-electron chi connectivity index (χ3n) is 4.49. The molecular weight excluding hydrogens is 366 g/mol. The first kappa shape index (κ1) is 18.6. The first-order valence-electron chi connectivity index (χ1n) is 9.26. The molecule has 146 valence electrons. The highest BCUT2D eigenvalue weighted by atomic mass is 16.5. The van der Waals surface area contributed by atoms with Gasteiger partial charge in [-0.05, 0) is 40.6 Å². The monoisotopic (exact) mass is 387 g/mol. The molecular formula is C23H21N3O3. The third kappa shape index (κ3) is 4.73. The molecule has 0 saturated heterocycles. The van der Waals surface area contributed by atoms with Gasteiger partial charge in [0.25, 0.3) is 5.91 Å². The maximum atomic E-state index is 12.2. The fourth-order valence-electron chi connectivity index (χ4n) is 3.08. The maximum Gasteiger partial charge on any atom is 0.262 e. The summed E-state index contributed by atoms with van der Waals surface area (Å²) in [7, 11) is 1.64. The molecule has 0 spiro atoms. The molecule has 1 N–H and O–H groups in total. The molecule has 0 aliphatic rings. The predicted molar refractivity (Wildman–Crippen MR) is 112 cm³/mol. The zero-order valence-corrected chi connectivity index (χ0v) is 16.0. The van der Waals surface area contributed by atoms with Crippen LogP contribution in [-0.2, 0) is 11.3 Å². The Morgan fingerprint density at radius 2 is 1.86 bits per heavy atom. The lowest BCUT2D eigenvalue weighted by molar-refractivity contribution is -0.118. The van der Waals surface area contributed by atoms with Gasteiger partial charge in [-0.25, -0.2) is 0 Å². The van der Waals surface area contributed by atoms with Crippen molar-refractivity contribution < 1.29 is 14.3 Å². The van der Waals surface area contributed by atoms with Crippen LogP contribution in [0.3, 0.4) is 0 Å². The van der Waals surface area contributed by atoms with E-state index in [0.29, 0.717) is 18.0 Å². The fourth-order valence-corrected chi connectivity index (χ4v) is 3.08. The van der Waals surface area contributed by atoms with Crippen LogP contribution in [-0.4, -0.2) is 29.4 Å². The van der Waals surface area contributed by atoms with Crippen molar-refractivity contribution in [2.45, 2.75) is 6.54 Å². The van der Waals surface area contributed by atoms with Gasteiger partial charge in [0.15, 0.2) is 6.61 Å². The van der Waals surface area contributed by atoms with Crippen molar-refractivity contribution in [3.05, 3.63) is 84.7 Å². The van der Waals surface area contributed by atoms with Crippen LogP contribution < -0.4 is 14.8 Å². The second-order valence-corrected chi connectivity index (χ2v) is 6.62. The number of aromatic nitrogens is 2. The molecule has 1 amide bonds. The van der Waals surface area contributed by atoms with Crippen LogP contribution in [0.5, 0.6) is 11.5 Å². The lowest BCUT2D eigenvalue weighted by Crippen LogP contribution is -2.19. The van der Waals surface area contributed by atoms with Crippen LogP contribution in [0, 0.1) is 0 Å². The van der Waals surface area contributed by atoms with Crippen LogP contribution in [0.2, 0.25) is 0 Å². The number of carbonyl (C=O) groups excluding carboxylic acids is 1. The zero-order chi connectivity index (χ0) is 20.1. The highest BCUT2D eigenvalue weighted by Gasteiger charge is 2.07. The summed E-state index contributed by atoms with van der Waals surface area (Å²) < 4.78 is 12.6. The largest absolute Gasteiger partial charge is 0.497 e. The molecule has 6 heteroatoms. The van der Waals surface area contributed by atoms with E-state index in [2.05, 4.69) is 10.4 Å². The van der Waals surface area contributed by atoms with Gasteiger partial charge >= 0.3 is 0 Å². The van der Waals surface area contributed by atoms with Gasteiger partial charge in [-0.2, -0.15) is 5.10 Å². The van der Waals surface area contributed by atoms with E-state index in [9.17, 15) is 4.79 Å². The number of nitrogens with one attached hydrogen (secondary N) is 1. The number of anilines is 1. The summed E-state index contributed by atoms with van der Waals surface area (Å²) in [4.78, 5) is 12.2. The molecule has 0 aliphatic heterocycles. The molecule has 29 heavy (non-hydrogen) atoms. The molecule has 0 atom stereocenters. The zero-order valence-electron chi connectivity index (χ0n) is 16.0. The van der Waals surface area contributed by atoms with Crippen LogP contribution in [0.1, 0.15) is 5.56 Å². The van der Waals surface area contributed by atoms with Gasteiger partial charge < -0.3 is 14.8 Å². The topological polar surface area (TPSA) is 65.4 Å². The number of rotatable bonds is 7. The van der Waals surface area contributed by atoms with Gasteiger partial charge in [-0.1, -0.05) is 42.5 Å². The lowest BCUT2D eigenvalue weighted by atomic mass is 10.1. The Balaban J connectivity index is 1.32. The Morgan fingerprint density at radius 1 is 1.00 bits per heavy atom. The van der Waals surface area contributed by atoms with Crippen LogP contribution in [0.4, 0.5) is 5.69 Å². The van der Waals surface area contributed by atoms with Crippen LogP contribution in [0.15, 0.2) is 79.1 Å². The highest BCUT2D eigenvalue weighted by molar-refractivity contribution is 5.91. The fraction of sp³-hybridized carbons (Fsp3) is 0.130. The normalized spacial score (nSPS) is 10.7. The Bertz CT molecular complexity index is 1140. The average Bonchev–Trinajstić information content (AvgIpc) is 3.18. The average molecular weight is 387 g/mol.